The van der Waals surface area contributed by atoms with Crippen LogP contribution in [-0.4, -0.2) is 50.4 Å². The van der Waals surface area contributed by atoms with Crippen LogP contribution >= 0.6 is 11.3 Å². The second-order valence-electron chi connectivity index (χ2n) is 6.85. The molecule has 4 nitrogen and oxygen atoms in total. The summed E-state index contributed by atoms with van der Waals surface area (Å²) in [5, 5.41) is 6.31. The van der Waals surface area contributed by atoms with Crippen LogP contribution in [0, 0.1) is 13.8 Å². The summed E-state index contributed by atoms with van der Waals surface area (Å²) < 4.78 is 0. The molecule has 0 amide bonds. The number of rotatable bonds is 7. The van der Waals surface area contributed by atoms with Gasteiger partial charge in [0.15, 0.2) is 0 Å². The van der Waals surface area contributed by atoms with E-state index in [9.17, 15) is 0 Å². The molecule has 1 fully saturated rings. The number of hydrogen-bond donors (Lipinski definition) is 0. The van der Waals surface area contributed by atoms with Crippen LogP contribution in [0.25, 0.3) is 0 Å². The van der Waals surface area contributed by atoms with Crippen molar-refractivity contribution in [2.75, 3.05) is 44.7 Å². The van der Waals surface area contributed by atoms with Crippen molar-refractivity contribution in [3.63, 3.8) is 0 Å². The van der Waals surface area contributed by atoms with Crippen molar-refractivity contribution in [1.82, 2.24) is 4.90 Å². The number of anilines is 1. The molecule has 1 saturated heterocycles. The highest BCUT2D eigenvalue weighted by Gasteiger charge is 2.18. The summed E-state index contributed by atoms with van der Waals surface area (Å²) in [6.07, 6.45) is 2.08. The fourth-order valence-corrected chi connectivity index (χ4v) is 4.26. The average molecular weight is 372 g/mol. The predicted molar refractivity (Wildman–Crippen MR) is 112 cm³/mol. The molecule has 1 aromatic heterocycles. The first-order valence-corrected chi connectivity index (χ1v) is 10.2. The maximum Gasteiger partial charge on any atom is 0.106 e. The molecule has 0 N–H and O–H groups in total. The lowest BCUT2D eigenvalue weighted by atomic mass is 10.1. The van der Waals surface area contributed by atoms with Gasteiger partial charge in [-0.1, -0.05) is 23.4 Å². The van der Waals surface area contributed by atoms with Crippen LogP contribution in [0.2, 0.25) is 0 Å². The van der Waals surface area contributed by atoms with E-state index in [-0.39, 0.29) is 0 Å². The third-order valence-electron chi connectivity index (χ3n) is 5.18. The third-order valence-corrected chi connectivity index (χ3v) is 6.10. The monoisotopic (exact) mass is 371 g/mol. The minimum atomic E-state index is 0.964. The average Bonchev–Trinajstić information content (AvgIpc) is 3.19. The second-order valence-corrected chi connectivity index (χ2v) is 7.80. The highest BCUT2D eigenvalue weighted by molar-refractivity contribution is 7.12. The molecule has 3 rings (SSSR count). The number of hydrogen-bond acceptors (Lipinski definition) is 5. The van der Waals surface area contributed by atoms with Crippen LogP contribution in [0.15, 0.2) is 40.9 Å². The molecule has 2 aromatic rings. The van der Waals surface area contributed by atoms with Gasteiger partial charge in [0.2, 0.25) is 0 Å². The van der Waals surface area contributed by atoms with Crippen molar-refractivity contribution < 1.29 is 4.84 Å². The van der Waals surface area contributed by atoms with Gasteiger partial charge >= 0.3 is 0 Å². The molecule has 140 valence electrons. The van der Waals surface area contributed by atoms with E-state index in [1.165, 1.54) is 21.7 Å². The lowest BCUT2D eigenvalue weighted by Crippen LogP contribution is -2.46. The molecule has 0 atom stereocenters. The van der Waals surface area contributed by atoms with Gasteiger partial charge in [-0.2, -0.15) is 0 Å². The number of oxime groups is 1. The Bertz CT molecular complexity index is 719. The van der Waals surface area contributed by atoms with Crippen molar-refractivity contribution in [3.05, 3.63) is 51.7 Å². The molecule has 26 heavy (non-hydrogen) atoms. The Balaban J connectivity index is 1.47. The van der Waals surface area contributed by atoms with E-state index in [2.05, 4.69) is 64.5 Å². The lowest BCUT2D eigenvalue weighted by molar-refractivity contribution is 0.212. The Morgan fingerprint density at radius 2 is 1.92 bits per heavy atom. The van der Waals surface area contributed by atoms with Gasteiger partial charge in [0.1, 0.15) is 7.11 Å². The van der Waals surface area contributed by atoms with Crippen LogP contribution in [-0.2, 0) is 4.84 Å². The SMILES string of the molecule is CON=C(CCCN1CCN(c2cccc(C)c2C)CC1)c1cccs1. The van der Waals surface area contributed by atoms with Gasteiger partial charge < -0.3 is 9.74 Å². The third kappa shape index (κ3) is 4.65. The summed E-state index contributed by atoms with van der Waals surface area (Å²) >= 11 is 1.73. The standard InChI is InChI=1S/C21H29N3OS/c1-17-7-4-9-20(18(17)2)24-14-12-23(13-15-24)11-5-8-19(22-25-3)21-10-6-16-26-21/h4,6-7,9-10,16H,5,8,11-15H2,1-3H3. The van der Waals surface area contributed by atoms with E-state index in [1.54, 1.807) is 18.4 Å². The fraction of sp³-hybridized carbons (Fsp3) is 0.476. The zero-order chi connectivity index (χ0) is 18.4. The predicted octanol–water partition coefficient (Wildman–Crippen LogP) is 4.32. The molecule has 1 aliphatic rings. The highest BCUT2D eigenvalue weighted by Crippen LogP contribution is 2.24. The maximum absolute atomic E-state index is 5.03. The number of thiophene rings is 1. The number of nitrogens with zero attached hydrogens (tertiary/aromatic N) is 3. The summed E-state index contributed by atoms with van der Waals surface area (Å²) in [6, 6.07) is 10.8. The molecule has 0 aliphatic carbocycles. The Hall–Kier alpha value is -1.85. The first-order valence-electron chi connectivity index (χ1n) is 9.36. The highest BCUT2D eigenvalue weighted by atomic mass is 32.1. The molecule has 5 heteroatoms. The summed E-state index contributed by atoms with van der Waals surface area (Å²) in [5.41, 5.74) is 5.26. The number of aryl methyl sites for hydroxylation is 1. The van der Waals surface area contributed by atoms with Gasteiger partial charge in [-0.15, -0.1) is 11.3 Å². The fourth-order valence-electron chi connectivity index (χ4n) is 3.53. The normalized spacial score (nSPS) is 16.1. The molecule has 0 spiro atoms. The van der Waals surface area contributed by atoms with E-state index in [1.807, 2.05) is 0 Å². The molecule has 2 heterocycles. The Labute approximate surface area is 161 Å². The molecular formula is C21H29N3OS. The summed E-state index contributed by atoms with van der Waals surface area (Å²) in [6.45, 7) is 10.0. The van der Waals surface area contributed by atoms with Crippen molar-refractivity contribution >= 4 is 22.7 Å². The molecule has 1 aromatic carbocycles. The minimum Gasteiger partial charge on any atom is -0.399 e. The van der Waals surface area contributed by atoms with Gasteiger partial charge in [0.25, 0.3) is 0 Å². The molecule has 0 radical (unpaired) electrons. The van der Waals surface area contributed by atoms with E-state index >= 15 is 0 Å². The van der Waals surface area contributed by atoms with Crippen LogP contribution in [0.5, 0.6) is 0 Å². The molecule has 0 unspecified atom stereocenters. The molecule has 0 bridgehead atoms. The second kappa shape index (κ2) is 9.19. The first-order chi connectivity index (χ1) is 12.7. The smallest absolute Gasteiger partial charge is 0.106 e. The van der Waals surface area contributed by atoms with Crippen LogP contribution in [0.1, 0.15) is 28.8 Å². The topological polar surface area (TPSA) is 28.1 Å². The minimum absolute atomic E-state index is 0.964. The zero-order valence-electron chi connectivity index (χ0n) is 16.1. The van der Waals surface area contributed by atoms with Gasteiger partial charge in [0.05, 0.1) is 10.6 Å². The Morgan fingerprint density at radius 3 is 2.62 bits per heavy atom. The van der Waals surface area contributed by atoms with E-state index in [0.717, 1.165) is 51.3 Å². The van der Waals surface area contributed by atoms with Crippen molar-refractivity contribution in [2.45, 2.75) is 26.7 Å². The Kier molecular flexibility index (Phi) is 6.69. The Morgan fingerprint density at radius 1 is 1.12 bits per heavy atom. The largest absolute Gasteiger partial charge is 0.399 e. The van der Waals surface area contributed by atoms with Crippen molar-refractivity contribution in [2.24, 2.45) is 5.16 Å². The van der Waals surface area contributed by atoms with Crippen LogP contribution in [0.3, 0.4) is 0 Å². The quantitative estimate of drug-likeness (QED) is 0.536. The molecule has 0 saturated carbocycles. The molecular weight excluding hydrogens is 342 g/mol. The molecule has 1 aliphatic heterocycles. The van der Waals surface area contributed by atoms with Gasteiger partial charge in [-0.05, 0) is 61.9 Å². The number of piperazine rings is 1. The van der Waals surface area contributed by atoms with Gasteiger partial charge in [-0.3, -0.25) is 4.90 Å². The van der Waals surface area contributed by atoms with Crippen LogP contribution in [0.4, 0.5) is 5.69 Å². The van der Waals surface area contributed by atoms with E-state index < -0.39 is 0 Å². The zero-order valence-corrected chi connectivity index (χ0v) is 16.9. The van der Waals surface area contributed by atoms with E-state index in [0.29, 0.717) is 0 Å². The van der Waals surface area contributed by atoms with Gasteiger partial charge in [0, 0.05) is 31.9 Å². The summed E-state index contributed by atoms with van der Waals surface area (Å²) in [5.74, 6) is 0. The van der Waals surface area contributed by atoms with Crippen molar-refractivity contribution in [3.8, 4) is 0 Å². The van der Waals surface area contributed by atoms with Crippen LogP contribution < -0.4 is 4.90 Å². The van der Waals surface area contributed by atoms with Gasteiger partial charge in [-0.25, -0.2) is 0 Å². The number of benzene rings is 1. The maximum atomic E-state index is 5.03. The van der Waals surface area contributed by atoms with Crippen molar-refractivity contribution in [1.29, 1.82) is 0 Å². The summed E-state index contributed by atoms with van der Waals surface area (Å²) in [7, 11) is 1.63. The van der Waals surface area contributed by atoms with E-state index in [4.69, 9.17) is 4.84 Å². The lowest BCUT2D eigenvalue weighted by Gasteiger charge is -2.37. The summed E-state index contributed by atoms with van der Waals surface area (Å²) in [4.78, 5) is 11.3. The first kappa shape index (κ1) is 18.9.